The summed E-state index contributed by atoms with van der Waals surface area (Å²) in [5, 5.41) is 0. The van der Waals surface area contributed by atoms with Crippen molar-refractivity contribution in [1.82, 2.24) is 0 Å². The van der Waals surface area contributed by atoms with Gasteiger partial charge in [0.2, 0.25) is 0 Å². The summed E-state index contributed by atoms with van der Waals surface area (Å²) in [6.07, 6.45) is 1.16. The summed E-state index contributed by atoms with van der Waals surface area (Å²) in [6, 6.07) is 0. The van der Waals surface area contributed by atoms with Gasteiger partial charge in [0.05, 0.1) is 0 Å². The van der Waals surface area contributed by atoms with Crippen molar-refractivity contribution in [2.45, 2.75) is 34.1 Å². The van der Waals surface area contributed by atoms with Gasteiger partial charge in [-0.05, 0) is 19.3 Å². The van der Waals surface area contributed by atoms with Crippen molar-refractivity contribution < 1.29 is 0 Å². The highest BCUT2D eigenvalue weighted by molar-refractivity contribution is 5.83. The van der Waals surface area contributed by atoms with E-state index in [0.717, 1.165) is 13.0 Å². The number of rotatable bonds is 3. The van der Waals surface area contributed by atoms with Gasteiger partial charge in [-0.1, -0.05) is 20.8 Å². The molecule has 0 bridgehead atoms. The molecular weight excluding hydrogens is 110 g/mol. The molecule has 0 radical (unpaired) electrons. The zero-order chi connectivity index (χ0) is 7.28. The number of hydrogen-bond donors (Lipinski definition) is 0. The van der Waals surface area contributed by atoms with E-state index in [1.807, 2.05) is 0 Å². The van der Waals surface area contributed by atoms with E-state index in [1.54, 1.807) is 0 Å². The molecule has 9 heavy (non-hydrogen) atoms. The molecule has 0 aromatic rings. The number of hydrogen-bond acceptors (Lipinski definition) is 1. The van der Waals surface area contributed by atoms with Gasteiger partial charge in [0.15, 0.2) is 0 Å². The number of aliphatic imine (C=N–C) groups is 1. The van der Waals surface area contributed by atoms with Gasteiger partial charge in [-0.2, -0.15) is 0 Å². The largest absolute Gasteiger partial charge is 0.294 e. The van der Waals surface area contributed by atoms with E-state index >= 15 is 0 Å². The maximum atomic E-state index is 4.36. The Morgan fingerprint density at radius 2 is 2.00 bits per heavy atom. The van der Waals surface area contributed by atoms with Crippen LogP contribution in [0.5, 0.6) is 0 Å². The van der Waals surface area contributed by atoms with Crippen molar-refractivity contribution in [3.63, 3.8) is 0 Å². The van der Waals surface area contributed by atoms with E-state index in [1.165, 1.54) is 5.71 Å². The molecule has 1 heteroatoms. The first-order chi connectivity index (χ1) is 4.18. The lowest BCUT2D eigenvalue weighted by molar-refractivity contribution is 0.847. The minimum absolute atomic E-state index is 0.622. The minimum Gasteiger partial charge on any atom is -0.294 e. The third-order valence-corrected chi connectivity index (χ3v) is 1.42. The molecule has 0 spiro atoms. The molecule has 0 unspecified atom stereocenters. The lowest BCUT2D eigenvalue weighted by atomic mass is 10.1. The Morgan fingerprint density at radius 1 is 1.44 bits per heavy atom. The van der Waals surface area contributed by atoms with Crippen molar-refractivity contribution in [3.05, 3.63) is 0 Å². The van der Waals surface area contributed by atoms with E-state index in [2.05, 4.69) is 32.7 Å². The summed E-state index contributed by atoms with van der Waals surface area (Å²) in [5.74, 6) is 0.622. The molecule has 0 aromatic heterocycles. The van der Waals surface area contributed by atoms with Crippen LogP contribution < -0.4 is 0 Å². The molecule has 0 aliphatic carbocycles. The van der Waals surface area contributed by atoms with E-state index in [0.29, 0.717) is 5.92 Å². The van der Waals surface area contributed by atoms with Crippen molar-refractivity contribution in [3.8, 4) is 0 Å². The van der Waals surface area contributed by atoms with Crippen LogP contribution in [-0.4, -0.2) is 12.3 Å². The summed E-state index contributed by atoms with van der Waals surface area (Å²) in [6.45, 7) is 9.59. The molecule has 54 valence electrons. The van der Waals surface area contributed by atoms with Crippen molar-refractivity contribution in [2.24, 2.45) is 10.9 Å². The fourth-order valence-electron chi connectivity index (χ4n) is 0.471. The molecule has 0 rings (SSSR count). The third-order valence-electron chi connectivity index (χ3n) is 1.42. The van der Waals surface area contributed by atoms with Gasteiger partial charge >= 0.3 is 0 Å². The molecular formula is C8H17N. The van der Waals surface area contributed by atoms with Crippen LogP contribution in [-0.2, 0) is 0 Å². The third kappa shape index (κ3) is 4.19. The second-order valence-electron chi connectivity index (χ2n) is 2.68. The van der Waals surface area contributed by atoms with Gasteiger partial charge in [0.25, 0.3) is 0 Å². The van der Waals surface area contributed by atoms with Gasteiger partial charge in [-0.3, -0.25) is 4.99 Å². The van der Waals surface area contributed by atoms with Gasteiger partial charge < -0.3 is 0 Å². The molecule has 0 N–H and O–H groups in total. The Labute approximate surface area is 58.2 Å². The van der Waals surface area contributed by atoms with Gasteiger partial charge in [-0.15, -0.1) is 0 Å². The highest BCUT2D eigenvalue weighted by Crippen LogP contribution is 1.95. The van der Waals surface area contributed by atoms with E-state index in [9.17, 15) is 0 Å². The zero-order valence-corrected chi connectivity index (χ0v) is 6.94. The molecule has 0 heterocycles. The van der Waals surface area contributed by atoms with E-state index in [4.69, 9.17) is 0 Å². The topological polar surface area (TPSA) is 12.4 Å². The summed E-state index contributed by atoms with van der Waals surface area (Å²) in [5.41, 5.74) is 1.27. The van der Waals surface area contributed by atoms with Crippen LogP contribution in [0.3, 0.4) is 0 Å². The first-order valence-electron chi connectivity index (χ1n) is 3.69. The standard InChI is InChI=1S/C8H17N/c1-5-6-9-8(4)7(2)3/h7H,5-6H2,1-4H3/b9-8+. The SMILES string of the molecule is CCC/N=C(\C)C(C)C. The van der Waals surface area contributed by atoms with E-state index in [-0.39, 0.29) is 0 Å². The molecule has 0 saturated carbocycles. The van der Waals surface area contributed by atoms with E-state index < -0.39 is 0 Å². The van der Waals surface area contributed by atoms with Gasteiger partial charge in [-0.25, -0.2) is 0 Å². The molecule has 0 saturated heterocycles. The quantitative estimate of drug-likeness (QED) is 0.516. The Balaban J connectivity index is 3.55. The Morgan fingerprint density at radius 3 is 2.33 bits per heavy atom. The van der Waals surface area contributed by atoms with Crippen LogP contribution in [0.4, 0.5) is 0 Å². The smallest absolute Gasteiger partial charge is 0.0386 e. The second kappa shape index (κ2) is 4.54. The molecule has 1 nitrogen and oxygen atoms in total. The zero-order valence-electron chi connectivity index (χ0n) is 6.94. The summed E-state index contributed by atoms with van der Waals surface area (Å²) >= 11 is 0. The lowest BCUT2D eigenvalue weighted by Gasteiger charge is -2.01. The average Bonchev–Trinajstić information content (AvgIpc) is 1.82. The summed E-state index contributed by atoms with van der Waals surface area (Å²) in [4.78, 5) is 4.36. The van der Waals surface area contributed by atoms with Crippen molar-refractivity contribution in [1.29, 1.82) is 0 Å². The first kappa shape index (κ1) is 8.67. The first-order valence-corrected chi connectivity index (χ1v) is 3.69. The molecule has 0 aliphatic rings. The maximum Gasteiger partial charge on any atom is 0.0386 e. The van der Waals surface area contributed by atoms with Crippen LogP contribution in [0.1, 0.15) is 34.1 Å². The van der Waals surface area contributed by atoms with Crippen molar-refractivity contribution in [2.75, 3.05) is 6.54 Å². The predicted molar refractivity (Wildman–Crippen MR) is 43.1 cm³/mol. The van der Waals surface area contributed by atoms with Crippen LogP contribution in [0.25, 0.3) is 0 Å². The minimum atomic E-state index is 0.622. The fraction of sp³-hybridized carbons (Fsp3) is 0.875. The highest BCUT2D eigenvalue weighted by atomic mass is 14.7. The Hall–Kier alpha value is -0.330. The second-order valence-corrected chi connectivity index (χ2v) is 2.68. The molecule has 0 fully saturated rings. The predicted octanol–water partition coefficient (Wildman–Crippen LogP) is 2.51. The van der Waals surface area contributed by atoms with Gasteiger partial charge in [0.1, 0.15) is 0 Å². The highest BCUT2D eigenvalue weighted by Gasteiger charge is 1.94. The van der Waals surface area contributed by atoms with Crippen LogP contribution >= 0.6 is 0 Å². The van der Waals surface area contributed by atoms with Crippen LogP contribution in [0.2, 0.25) is 0 Å². The maximum absolute atomic E-state index is 4.36. The average molecular weight is 127 g/mol. The Bertz CT molecular complexity index is 92.7. The summed E-state index contributed by atoms with van der Waals surface area (Å²) < 4.78 is 0. The molecule has 0 aliphatic heterocycles. The molecule has 0 aromatic carbocycles. The molecule has 0 atom stereocenters. The molecule has 0 amide bonds. The number of nitrogens with zero attached hydrogens (tertiary/aromatic N) is 1. The monoisotopic (exact) mass is 127 g/mol. The normalized spacial score (nSPS) is 12.8. The van der Waals surface area contributed by atoms with Crippen molar-refractivity contribution >= 4 is 5.71 Å². The van der Waals surface area contributed by atoms with Crippen LogP contribution in [0, 0.1) is 5.92 Å². The van der Waals surface area contributed by atoms with Crippen LogP contribution in [0.15, 0.2) is 4.99 Å². The Kier molecular flexibility index (Phi) is 4.37. The lowest BCUT2D eigenvalue weighted by Crippen LogP contribution is -2.02. The summed E-state index contributed by atoms with van der Waals surface area (Å²) in [7, 11) is 0. The fourth-order valence-corrected chi connectivity index (χ4v) is 0.471. The van der Waals surface area contributed by atoms with Gasteiger partial charge in [0, 0.05) is 12.3 Å².